The van der Waals surface area contributed by atoms with E-state index < -0.39 is 3.61 Å². The van der Waals surface area contributed by atoms with Crippen LogP contribution in [0.2, 0.25) is 0 Å². The van der Waals surface area contributed by atoms with Gasteiger partial charge in [-0.2, -0.15) is 0 Å². The normalized spacial score (nSPS) is 18.7. The Morgan fingerprint density at radius 3 is 2.65 bits per heavy atom. The van der Waals surface area contributed by atoms with Gasteiger partial charge in [0.15, 0.2) is 0 Å². The number of halogens is 1. The number of thiophene rings is 2. The Hall–Kier alpha value is -1.38. The highest BCUT2D eigenvalue weighted by Gasteiger charge is 2.48. The Morgan fingerprint density at radius 1 is 1.09 bits per heavy atom. The van der Waals surface area contributed by atoms with E-state index in [4.69, 9.17) is 9.47 Å². The van der Waals surface area contributed by atoms with Crippen LogP contribution in [-0.2, 0) is 19.7 Å². The van der Waals surface area contributed by atoms with Crippen molar-refractivity contribution in [1.82, 2.24) is 0 Å². The van der Waals surface area contributed by atoms with Gasteiger partial charge in [-0.15, -0.1) is 22.7 Å². The van der Waals surface area contributed by atoms with E-state index in [0.717, 1.165) is 26.6 Å². The molecule has 2 aromatic heterocycles. The van der Waals surface area contributed by atoms with Gasteiger partial charge < -0.3 is 9.47 Å². The lowest BCUT2D eigenvalue weighted by Gasteiger charge is -2.30. The Balaban J connectivity index is 1.62. The molecule has 0 saturated carbocycles. The lowest BCUT2D eigenvalue weighted by Crippen LogP contribution is -2.38. The number of alkyl halides is 1. The molecule has 1 aromatic carbocycles. The number of benzene rings is 1. The molecule has 0 bridgehead atoms. The predicted octanol–water partition coefficient (Wildman–Crippen LogP) is 5.20. The van der Waals surface area contributed by atoms with Crippen LogP contribution in [0.25, 0.3) is 9.75 Å². The van der Waals surface area contributed by atoms with Gasteiger partial charge >= 0.3 is 5.97 Å². The lowest BCUT2D eigenvalue weighted by molar-refractivity contribution is -0.155. The lowest BCUT2D eigenvalue weighted by atomic mass is 10.1. The van der Waals surface area contributed by atoms with Gasteiger partial charge in [0.1, 0.15) is 12.4 Å². The summed E-state index contributed by atoms with van der Waals surface area (Å²) in [7, 11) is 0. The second-order valence-corrected chi connectivity index (χ2v) is 8.39. The van der Waals surface area contributed by atoms with Crippen molar-refractivity contribution in [2.24, 2.45) is 0 Å². The van der Waals surface area contributed by atoms with Crippen molar-refractivity contribution in [3.8, 4) is 15.5 Å². The first-order valence-electron chi connectivity index (χ1n) is 6.93. The van der Waals surface area contributed by atoms with Crippen molar-refractivity contribution >= 4 is 51.2 Å². The van der Waals surface area contributed by atoms with Gasteiger partial charge in [0, 0.05) is 5.56 Å². The van der Waals surface area contributed by atoms with Crippen LogP contribution in [-0.4, -0.2) is 5.97 Å². The molecular formula is C17H11IO3S2. The third-order valence-corrected chi connectivity index (χ3v) is 6.79. The molecule has 0 N–H and O–H groups in total. The second-order valence-electron chi connectivity index (χ2n) is 5.04. The van der Waals surface area contributed by atoms with E-state index in [1.165, 1.54) is 0 Å². The summed E-state index contributed by atoms with van der Waals surface area (Å²) in [5, 5.41) is 3.96. The van der Waals surface area contributed by atoms with Gasteiger partial charge in [0.25, 0.3) is 3.61 Å². The second kappa shape index (κ2) is 5.92. The molecule has 6 heteroatoms. The zero-order valence-corrected chi connectivity index (χ0v) is 15.6. The minimum absolute atomic E-state index is 0.240. The summed E-state index contributed by atoms with van der Waals surface area (Å²) >= 11 is 5.31. The average Bonchev–Trinajstić information content (AvgIpc) is 3.22. The standard InChI is InChI=1S/C17H11IO3S2/c18-17(16(19)20-10-11-4-2-1-3-5-11)12-6-8-22-14(12)15-13(21-17)7-9-23-15/h1-9H,10H2. The van der Waals surface area contributed by atoms with E-state index in [9.17, 15) is 4.79 Å². The zero-order chi connectivity index (χ0) is 15.9. The minimum atomic E-state index is -1.13. The smallest absolute Gasteiger partial charge is 0.366 e. The van der Waals surface area contributed by atoms with E-state index in [1.54, 1.807) is 22.7 Å². The van der Waals surface area contributed by atoms with Gasteiger partial charge in [0.2, 0.25) is 0 Å². The van der Waals surface area contributed by atoms with Crippen molar-refractivity contribution in [3.05, 3.63) is 64.4 Å². The predicted molar refractivity (Wildman–Crippen MR) is 100 cm³/mol. The first-order chi connectivity index (χ1) is 11.2. The highest BCUT2D eigenvalue weighted by Crippen LogP contribution is 2.53. The molecule has 1 aliphatic rings. The maximum absolute atomic E-state index is 12.7. The van der Waals surface area contributed by atoms with Crippen LogP contribution >= 0.6 is 45.3 Å². The maximum Gasteiger partial charge on any atom is 0.366 e. The summed E-state index contributed by atoms with van der Waals surface area (Å²) in [6.07, 6.45) is 0. The number of carbonyl (C=O) groups excluding carboxylic acids is 1. The Kier molecular flexibility index (Phi) is 3.90. The Labute approximate surface area is 155 Å². The van der Waals surface area contributed by atoms with E-state index in [0.29, 0.717) is 0 Å². The van der Waals surface area contributed by atoms with E-state index in [-0.39, 0.29) is 12.6 Å². The largest absolute Gasteiger partial charge is 0.459 e. The third-order valence-electron chi connectivity index (χ3n) is 3.57. The van der Waals surface area contributed by atoms with Crippen LogP contribution in [0.15, 0.2) is 53.2 Å². The van der Waals surface area contributed by atoms with Gasteiger partial charge in [-0.25, -0.2) is 4.79 Å². The molecule has 4 rings (SSSR count). The molecule has 0 amide bonds. The summed E-state index contributed by atoms with van der Waals surface area (Å²) < 4.78 is 10.4. The monoisotopic (exact) mass is 454 g/mol. The average molecular weight is 454 g/mol. The van der Waals surface area contributed by atoms with Crippen LogP contribution in [0, 0.1) is 0 Å². The minimum Gasteiger partial charge on any atom is -0.459 e. The van der Waals surface area contributed by atoms with Crippen molar-refractivity contribution in [2.75, 3.05) is 0 Å². The number of hydrogen-bond acceptors (Lipinski definition) is 5. The third kappa shape index (κ3) is 2.58. The van der Waals surface area contributed by atoms with Gasteiger partial charge in [-0.1, -0.05) is 30.3 Å². The van der Waals surface area contributed by atoms with E-state index >= 15 is 0 Å². The number of carbonyl (C=O) groups is 1. The Bertz CT molecular complexity index is 856. The van der Waals surface area contributed by atoms with Gasteiger partial charge in [-0.3, -0.25) is 0 Å². The van der Waals surface area contributed by atoms with E-state index in [2.05, 4.69) is 22.6 Å². The van der Waals surface area contributed by atoms with Crippen LogP contribution in [0.3, 0.4) is 0 Å². The molecule has 1 aliphatic heterocycles. The van der Waals surface area contributed by atoms with Crippen LogP contribution in [0.1, 0.15) is 11.1 Å². The summed E-state index contributed by atoms with van der Waals surface area (Å²) in [5.74, 6) is 0.370. The topological polar surface area (TPSA) is 35.5 Å². The molecule has 116 valence electrons. The SMILES string of the molecule is O=C(OCc1ccccc1)C1(I)Oc2ccsc2-c2sccc21. The number of ether oxygens (including phenoxy) is 2. The molecule has 1 atom stereocenters. The van der Waals surface area contributed by atoms with Crippen molar-refractivity contribution in [3.63, 3.8) is 0 Å². The maximum atomic E-state index is 12.7. The first-order valence-corrected chi connectivity index (χ1v) is 9.77. The molecule has 0 spiro atoms. The zero-order valence-electron chi connectivity index (χ0n) is 11.8. The van der Waals surface area contributed by atoms with E-state index in [1.807, 2.05) is 53.2 Å². The molecule has 3 heterocycles. The molecular weight excluding hydrogens is 443 g/mol. The molecule has 23 heavy (non-hydrogen) atoms. The van der Waals surface area contributed by atoms with Crippen LogP contribution in [0.5, 0.6) is 5.75 Å². The molecule has 0 fully saturated rings. The van der Waals surface area contributed by atoms with Crippen LogP contribution < -0.4 is 4.74 Å². The number of fused-ring (bicyclic) bond motifs is 3. The highest BCUT2D eigenvalue weighted by atomic mass is 127. The Morgan fingerprint density at radius 2 is 1.83 bits per heavy atom. The van der Waals surface area contributed by atoms with Crippen molar-refractivity contribution < 1.29 is 14.3 Å². The summed E-state index contributed by atoms with van der Waals surface area (Å²) in [5.41, 5.74) is 1.83. The summed E-state index contributed by atoms with van der Waals surface area (Å²) in [4.78, 5) is 14.9. The van der Waals surface area contributed by atoms with Gasteiger partial charge in [-0.05, 0) is 51.0 Å². The molecule has 0 aliphatic carbocycles. The number of esters is 1. The fourth-order valence-electron chi connectivity index (χ4n) is 2.46. The van der Waals surface area contributed by atoms with Crippen molar-refractivity contribution in [2.45, 2.75) is 10.2 Å². The number of hydrogen-bond donors (Lipinski definition) is 0. The molecule has 0 saturated heterocycles. The highest BCUT2D eigenvalue weighted by molar-refractivity contribution is 14.1. The summed E-state index contributed by atoms with van der Waals surface area (Å²) in [6, 6.07) is 13.5. The van der Waals surface area contributed by atoms with Crippen LogP contribution in [0.4, 0.5) is 0 Å². The molecule has 0 radical (unpaired) electrons. The molecule has 1 unspecified atom stereocenters. The quantitative estimate of drug-likeness (QED) is 0.310. The van der Waals surface area contributed by atoms with Gasteiger partial charge in [0.05, 0.1) is 9.75 Å². The molecule has 3 aromatic rings. The fourth-order valence-corrected chi connectivity index (χ4v) is 5.43. The molecule has 3 nitrogen and oxygen atoms in total. The van der Waals surface area contributed by atoms with Crippen molar-refractivity contribution in [1.29, 1.82) is 0 Å². The first kappa shape index (κ1) is 15.2. The summed E-state index contributed by atoms with van der Waals surface area (Å²) in [6.45, 7) is 0.240. The number of rotatable bonds is 3. The fraction of sp³-hybridized carbons (Fsp3) is 0.118.